The lowest BCUT2D eigenvalue weighted by molar-refractivity contribution is -0.122. The molecule has 1 aromatic carbocycles. The molecule has 1 aliphatic heterocycles. The summed E-state index contributed by atoms with van der Waals surface area (Å²) in [6.07, 6.45) is 2.36. The normalized spacial score (nSPS) is 16.6. The lowest BCUT2D eigenvalue weighted by Crippen LogP contribution is -2.38. The topological polar surface area (TPSA) is 63.4 Å². The van der Waals surface area contributed by atoms with Crippen LogP contribution < -0.4 is 10.6 Å². The molecule has 5 heteroatoms. The van der Waals surface area contributed by atoms with Gasteiger partial charge in [0.1, 0.15) is 0 Å². The Hall–Kier alpha value is -1.36. The average Bonchev–Trinajstić information content (AvgIpc) is 2.39. The number of piperidine rings is 1. The van der Waals surface area contributed by atoms with E-state index in [9.17, 15) is 9.59 Å². The van der Waals surface area contributed by atoms with E-state index in [1.54, 1.807) is 6.07 Å². The summed E-state index contributed by atoms with van der Waals surface area (Å²) in [4.78, 5) is 24.3. The molecule has 4 nitrogen and oxygen atoms in total. The third-order valence-electron chi connectivity index (χ3n) is 3.36. The van der Waals surface area contributed by atoms with Gasteiger partial charge >= 0.3 is 0 Å². The highest BCUT2D eigenvalue weighted by molar-refractivity contribution is 9.10. The van der Waals surface area contributed by atoms with Crippen LogP contribution in [0.1, 0.15) is 23.2 Å². The molecule has 2 N–H and O–H groups in total. The van der Waals surface area contributed by atoms with Gasteiger partial charge in [0.05, 0.1) is 0 Å². The van der Waals surface area contributed by atoms with Crippen molar-refractivity contribution >= 4 is 33.8 Å². The van der Waals surface area contributed by atoms with Crippen LogP contribution in [0, 0.1) is 5.92 Å². The van der Waals surface area contributed by atoms with Crippen molar-refractivity contribution in [1.82, 2.24) is 0 Å². The Morgan fingerprint density at radius 2 is 2.06 bits per heavy atom. The number of amides is 1. The maximum Gasteiger partial charge on any atom is 0.220 e. The van der Waals surface area contributed by atoms with Gasteiger partial charge in [0.15, 0.2) is 6.29 Å². The Morgan fingerprint density at radius 3 is 2.61 bits per heavy atom. The number of carbonyl (C=O) groups excluding carboxylic acids is 2. The highest BCUT2D eigenvalue weighted by Crippen LogP contribution is 2.28. The van der Waals surface area contributed by atoms with Crippen molar-refractivity contribution in [3.05, 3.63) is 28.2 Å². The first-order chi connectivity index (χ1) is 8.61. The van der Waals surface area contributed by atoms with E-state index in [1.807, 2.05) is 12.1 Å². The molecule has 1 aliphatic rings. The summed E-state index contributed by atoms with van der Waals surface area (Å²) in [5.41, 5.74) is 6.91. The zero-order chi connectivity index (χ0) is 13.1. The SMILES string of the molecule is NC(=O)C1CCN(c2cc(Br)ccc2C=O)CC1. The van der Waals surface area contributed by atoms with E-state index in [2.05, 4.69) is 20.8 Å². The van der Waals surface area contributed by atoms with E-state index in [1.165, 1.54) is 0 Å². The smallest absolute Gasteiger partial charge is 0.220 e. The standard InChI is InChI=1S/C13H15BrN2O2/c14-11-2-1-10(8-17)12(7-11)16-5-3-9(4-6-16)13(15)18/h1-2,7-9H,3-6H2,(H2,15,18). The lowest BCUT2D eigenvalue weighted by Gasteiger charge is -2.33. The van der Waals surface area contributed by atoms with Gasteiger partial charge in [-0.1, -0.05) is 15.9 Å². The van der Waals surface area contributed by atoms with Crippen molar-refractivity contribution in [2.75, 3.05) is 18.0 Å². The third kappa shape index (κ3) is 2.72. The number of rotatable bonds is 3. The Bertz CT molecular complexity index is 468. The quantitative estimate of drug-likeness (QED) is 0.868. The van der Waals surface area contributed by atoms with Crippen LogP contribution in [0.15, 0.2) is 22.7 Å². The number of nitrogens with zero attached hydrogens (tertiary/aromatic N) is 1. The summed E-state index contributed by atoms with van der Waals surface area (Å²) in [7, 11) is 0. The van der Waals surface area contributed by atoms with Crippen LogP contribution in [0.5, 0.6) is 0 Å². The number of benzene rings is 1. The van der Waals surface area contributed by atoms with Crippen molar-refractivity contribution in [3.8, 4) is 0 Å². The van der Waals surface area contributed by atoms with E-state index in [4.69, 9.17) is 5.73 Å². The highest BCUT2D eigenvalue weighted by atomic mass is 79.9. The van der Waals surface area contributed by atoms with Crippen LogP contribution in [0.3, 0.4) is 0 Å². The molecular formula is C13H15BrN2O2. The van der Waals surface area contributed by atoms with Crippen LogP contribution >= 0.6 is 15.9 Å². The van der Waals surface area contributed by atoms with E-state index >= 15 is 0 Å². The molecule has 2 rings (SSSR count). The van der Waals surface area contributed by atoms with Gasteiger partial charge in [0, 0.05) is 34.7 Å². The van der Waals surface area contributed by atoms with Gasteiger partial charge in [-0.2, -0.15) is 0 Å². The van der Waals surface area contributed by atoms with Gasteiger partial charge in [-0.05, 0) is 31.0 Å². The summed E-state index contributed by atoms with van der Waals surface area (Å²) in [5.74, 6) is -0.257. The minimum Gasteiger partial charge on any atom is -0.371 e. The maximum absolute atomic E-state index is 11.1. The summed E-state index contributed by atoms with van der Waals surface area (Å²) >= 11 is 3.41. The molecule has 0 atom stereocenters. The van der Waals surface area contributed by atoms with Crippen molar-refractivity contribution in [2.24, 2.45) is 11.7 Å². The Kier molecular flexibility index (Phi) is 4.01. The molecule has 0 radical (unpaired) electrons. The second kappa shape index (κ2) is 5.52. The maximum atomic E-state index is 11.1. The first-order valence-corrected chi connectivity index (χ1v) is 6.70. The van der Waals surface area contributed by atoms with Crippen LogP contribution in [-0.4, -0.2) is 25.3 Å². The first kappa shape index (κ1) is 13.1. The fraction of sp³-hybridized carbons (Fsp3) is 0.385. The van der Waals surface area contributed by atoms with Crippen LogP contribution in [0.2, 0.25) is 0 Å². The van der Waals surface area contributed by atoms with Gasteiger partial charge in [-0.3, -0.25) is 9.59 Å². The highest BCUT2D eigenvalue weighted by Gasteiger charge is 2.24. The van der Waals surface area contributed by atoms with Gasteiger partial charge in [0.25, 0.3) is 0 Å². The molecule has 0 aliphatic carbocycles. The van der Waals surface area contributed by atoms with E-state index < -0.39 is 0 Å². The van der Waals surface area contributed by atoms with Gasteiger partial charge < -0.3 is 10.6 Å². The first-order valence-electron chi connectivity index (χ1n) is 5.91. The Labute approximate surface area is 114 Å². The number of hydrogen-bond acceptors (Lipinski definition) is 3. The molecule has 0 unspecified atom stereocenters. The molecule has 1 saturated heterocycles. The van der Waals surface area contributed by atoms with Gasteiger partial charge in [-0.15, -0.1) is 0 Å². The van der Waals surface area contributed by atoms with Crippen molar-refractivity contribution in [1.29, 1.82) is 0 Å². The number of carbonyl (C=O) groups is 2. The molecule has 0 bridgehead atoms. The van der Waals surface area contributed by atoms with E-state index in [-0.39, 0.29) is 11.8 Å². The van der Waals surface area contributed by atoms with Crippen LogP contribution in [0.4, 0.5) is 5.69 Å². The molecule has 1 fully saturated rings. The average molecular weight is 311 g/mol. The monoisotopic (exact) mass is 310 g/mol. The number of primary amides is 1. The fourth-order valence-corrected chi connectivity index (χ4v) is 2.64. The van der Waals surface area contributed by atoms with Crippen molar-refractivity contribution in [2.45, 2.75) is 12.8 Å². The zero-order valence-corrected chi connectivity index (χ0v) is 11.5. The second-order valence-electron chi connectivity index (χ2n) is 4.48. The van der Waals surface area contributed by atoms with Crippen molar-refractivity contribution < 1.29 is 9.59 Å². The van der Waals surface area contributed by atoms with Gasteiger partial charge in [0.2, 0.25) is 5.91 Å². The Balaban J connectivity index is 2.16. The molecule has 96 valence electrons. The number of hydrogen-bond donors (Lipinski definition) is 1. The predicted molar refractivity (Wildman–Crippen MR) is 73.7 cm³/mol. The number of anilines is 1. The van der Waals surface area contributed by atoms with Crippen LogP contribution in [-0.2, 0) is 4.79 Å². The number of nitrogens with two attached hydrogens (primary N) is 1. The molecule has 1 heterocycles. The Morgan fingerprint density at radius 1 is 1.39 bits per heavy atom. The summed E-state index contributed by atoms with van der Waals surface area (Å²) in [6.45, 7) is 1.51. The number of aldehydes is 1. The zero-order valence-electron chi connectivity index (χ0n) is 9.93. The number of halogens is 1. The third-order valence-corrected chi connectivity index (χ3v) is 3.85. The van der Waals surface area contributed by atoms with Gasteiger partial charge in [-0.25, -0.2) is 0 Å². The molecule has 0 aromatic heterocycles. The molecule has 1 amide bonds. The minimum absolute atomic E-state index is 0.0342. The lowest BCUT2D eigenvalue weighted by atomic mass is 9.95. The predicted octanol–water partition coefficient (Wildman–Crippen LogP) is 1.96. The molecule has 18 heavy (non-hydrogen) atoms. The second-order valence-corrected chi connectivity index (χ2v) is 5.40. The summed E-state index contributed by atoms with van der Waals surface area (Å²) in [5, 5.41) is 0. The molecule has 1 aromatic rings. The van der Waals surface area contributed by atoms with Crippen molar-refractivity contribution in [3.63, 3.8) is 0 Å². The summed E-state index contributed by atoms with van der Waals surface area (Å²) < 4.78 is 0.945. The van der Waals surface area contributed by atoms with E-state index in [0.29, 0.717) is 5.56 Å². The molecule has 0 spiro atoms. The molecule has 0 saturated carbocycles. The van der Waals surface area contributed by atoms with E-state index in [0.717, 1.165) is 42.4 Å². The largest absolute Gasteiger partial charge is 0.371 e. The van der Waals surface area contributed by atoms with Crippen LogP contribution in [0.25, 0.3) is 0 Å². The minimum atomic E-state index is -0.223. The fourth-order valence-electron chi connectivity index (χ4n) is 2.30. The molecular weight excluding hydrogens is 296 g/mol. The summed E-state index contributed by atoms with van der Waals surface area (Å²) in [6, 6.07) is 5.59.